The van der Waals surface area contributed by atoms with Crippen LogP contribution in [0.15, 0.2) is 52.8 Å². The highest BCUT2D eigenvalue weighted by Crippen LogP contribution is 2.29. The zero-order valence-corrected chi connectivity index (χ0v) is 13.3. The summed E-state index contributed by atoms with van der Waals surface area (Å²) in [6.45, 7) is 0. The summed E-state index contributed by atoms with van der Waals surface area (Å²) in [6.07, 6.45) is 1.75. The van der Waals surface area contributed by atoms with Crippen molar-refractivity contribution < 1.29 is 17.9 Å². The number of sulfone groups is 1. The van der Waals surface area contributed by atoms with Crippen molar-refractivity contribution in [3.05, 3.63) is 59.0 Å². The number of benzene rings is 2. The van der Waals surface area contributed by atoms with E-state index >= 15 is 0 Å². The van der Waals surface area contributed by atoms with Gasteiger partial charge < -0.3 is 10.1 Å². The molecule has 3 rings (SSSR count). The molecule has 1 heterocycles. The van der Waals surface area contributed by atoms with Crippen LogP contribution in [0, 0.1) is 0 Å². The highest BCUT2D eigenvalue weighted by molar-refractivity contribution is 7.94. The Morgan fingerprint density at radius 1 is 1.13 bits per heavy atom. The summed E-state index contributed by atoms with van der Waals surface area (Å²) in [5, 5.41) is 3.89. The van der Waals surface area contributed by atoms with Crippen molar-refractivity contribution in [3.8, 4) is 5.75 Å². The normalized spacial score (nSPS) is 14.3. The molecule has 0 saturated carbocycles. The third kappa shape index (κ3) is 3.27. The van der Waals surface area contributed by atoms with Crippen LogP contribution >= 0.6 is 0 Å². The Labute approximate surface area is 134 Å². The van der Waals surface area contributed by atoms with E-state index in [1.807, 2.05) is 12.1 Å². The molecule has 1 aliphatic rings. The van der Waals surface area contributed by atoms with E-state index < -0.39 is 9.84 Å². The lowest BCUT2D eigenvalue weighted by Gasteiger charge is -2.08. The van der Waals surface area contributed by atoms with Crippen LogP contribution in [0.1, 0.15) is 11.1 Å². The number of carbonyl (C=O) groups excluding carboxylic acids is 1. The van der Waals surface area contributed by atoms with Gasteiger partial charge in [-0.15, -0.1) is 0 Å². The minimum absolute atomic E-state index is 0.200. The fourth-order valence-electron chi connectivity index (χ4n) is 2.37. The number of anilines is 1. The molecule has 0 atom stereocenters. The van der Waals surface area contributed by atoms with Crippen molar-refractivity contribution in [2.75, 3.05) is 12.4 Å². The summed E-state index contributed by atoms with van der Waals surface area (Å²) < 4.78 is 28.7. The summed E-state index contributed by atoms with van der Waals surface area (Å²) in [5.74, 6) is 0.518. The standard InChI is InChI=1S/C17H15NO4S/c1-22-15-6-2-12(3-7-15)10-17(19)18-14-5-4-13-8-9-23(20,21)16(13)11-14/h2-9,11H,10H2,1H3,(H,18,19). The molecule has 0 spiro atoms. The van der Waals surface area contributed by atoms with Crippen molar-refractivity contribution in [3.63, 3.8) is 0 Å². The maximum absolute atomic E-state index is 12.1. The molecule has 1 N–H and O–H groups in total. The lowest BCUT2D eigenvalue weighted by molar-refractivity contribution is -0.115. The van der Waals surface area contributed by atoms with Gasteiger partial charge in [0.1, 0.15) is 5.75 Å². The number of amides is 1. The fraction of sp³-hybridized carbons (Fsp3) is 0.118. The summed E-state index contributed by atoms with van der Waals surface area (Å²) >= 11 is 0. The average molecular weight is 329 g/mol. The third-order valence-electron chi connectivity index (χ3n) is 3.55. The summed E-state index contributed by atoms with van der Waals surface area (Å²) in [4.78, 5) is 12.3. The second-order valence-electron chi connectivity index (χ2n) is 5.17. The molecule has 0 radical (unpaired) electrons. The second-order valence-corrected chi connectivity index (χ2v) is 6.98. The monoisotopic (exact) mass is 329 g/mol. The number of ether oxygens (including phenoxy) is 1. The third-order valence-corrected chi connectivity index (χ3v) is 5.02. The Kier molecular flexibility index (Phi) is 3.92. The Balaban J connectivity index is 1.71. The molecule has 2 aromatic carbocycles. The van der Waals surface area contributed by atoms with Crippen LogP contribution in [-0.2, 0) is 21.1 Å². The quantitative estimate of drug-likeness (QED) is 0.936. The Morgan fingerprint density at radius 3 is 2.57 bits per heavy atom. The molecule has 23 heavy (non-hydrogen) atoms. The second kappa shape index (κ2) is 5.89. The van der Waals surface area contributed by atoms with E-state index in [-0.39, 0.29) is 17.2 Å². The number of hydrogen-bond acceptors (Lipinski definition) is 4. The van der Waals surface area contributed by atoms with Crippen LogP contribution in [0.3, 0.4) is 0 Å². The van der Waals surface area contributed by atoms with Gasteiger partial charge in [0.05, 0.1) is 18.4 Å². The van der Waals surface area contributed by atoms with Crippen LogP contribution < -0.4 is 10.1 Å². The fourth-order valence-corrected chi connectivity index (χ4v) is 3.59. The van der Waals surface area contributed by atoms with Gasteiger partial charge in [-0.1, -0.05) is 18.2 Å². The summed E-state index contributed by atoms with van der Waals surface area (Å²) in [7, 11) is -1.79. The van der Waals surface area contributed by atoms with E-state index in [1.165, 1.54) is 11.5 Å². The molecule has 0 fully saturated rings. The van der Waals surface area contributed by atoms with Gasteiger partial charge in [0.15, 0.2) is 0 Å². The predicted octanol–water partition coefficient (Wildman–Crippen LogP) is 2.63. The molecular formula is C17H15NO4S. The van der Waals surface area contributed by atoms with E-state index in [9.17, 15) is 13.2 Å². The predicted molar refractivity (Wildman–Crippen MR) is 88.0 cm³/mol. The zero-order valence-electron chi connectivity index (χ0n) is 12.4. The topological polar surface area (TPSA) is 72.5 Å². The number of methoxy groups -OCH3 is 1. The average Bonchev–Trinajstić information content (AvgIpc) is 2.83. The van der Waals surface area contributed by atoms with Crippen LogP contribution in [0.25, 0.3) is 6.08 Å². The maximum atomic E-state index is 12.1. The SMILES string of the molecule is COc1ccc(CC(=O)Nc2ccc3c(c2)S(=O)(=O)C=C3)cc1. The van der Waals surface area contributed by atoms with Crippen LogP contribution in [0.2, 0.25) is 0 Å². The smallest absolute Gasteiger partial charge is 0.228 e. The van der Waals surface area contributed by atoms with Gasteiger partial charge in [-0.2, -0.15) is 0 Å². The molecule has 2 aromatic rings. The van der Waals surface area contributed by atoms with Crippen molar-refractivity contribution in [1.29, 1.82) is 0 Å². The molecule has 118 valence electrons. The van der Waals surface area contributed by atoms with Crippen LogP contribution in [0.4, 0.5) is 5.69 Å². The van der Waals surface area contributed by atoms with Gasteiger partial charge in [-0.3, -0.25) is 4.79 Å². The Hall–Kier alpha value is -2.60. The van der Waals surface area contributed by atoms with E-state index in [1.54, 1.807) is 37.5 Å². The van der Waals surface area contributed by atoms with Gasteiger partial charge in [0.25, 0.3) is 0 Å². The number of carbonyl (C=O) groups is 1. The molecule has 5 nitrogen and oxygen atoms in total. The van der Waals surface area contributed by atoms with E-state index in [0.29, 0.717) is 11.3 Å². The van der Waals surface area contributed by atoms with E-state index in [0.717, 1.165) is 11.3 Å². The Bertz CT molecular complexity index is 883. The number of hydrogen-bond donors (Lipinski definition) is 1. The zero-order chi connectivity index (χ0) is 16.4. The lowest BCUT2D eigenvalue weighted by atomic mass is 10.1. The molecule has 1 aliphatic heterocycles. The van der Waals surface area contributed by atoms with E-state index in [4.69, 9.17) is 4.74 Å². The molecule has 0 saturated heterocycles. The number of fused-ring (bicyclic) bond motifs is 1. The lowest BCUT2D eigenvalue weighted by Crippen LogP contribution is -2.14. The maximum Gasteiger partial charge on any atom is 0.228 e. The minimum atomic E-state index is -3.38. The van der Waals surface area contributed by atoms with Gasteiger partial charge in [-0.05, 0) is 41.5 Å². The highest BCUT2D eigenvalue weighted by atomic mass is 32.2. The van der Waals surface area contributed by atoms with Gasteiger partial charge in [0, 0.05) is 11.1 Å². The molecule has 0 aliphatic carbocycles. The van der Waals surface area contributed by atoms with Crippen molar-refractivity contribution >= 4 is 27.5 Å². The molecule has 1 amide bonds. The molecule has 0 bridgehead atoms. The number of nitrogens with one attached hydrogen (secondary N) is 1. The summed E-state index contributed by atoms with van der Waals surface area (Å²) in [6, 6.07) is 12.1. The molecule has 0 aromatic heterocycles. The first-order valence-electron chi connectivity index (χ1n) is 6.98. The Morgan fingerprint density at radius 2 is 1.87 bits per heavy atom. The highest BCUT2D eigenvalue weighted by Gasteiger charge is 2.21. The van der Waals surface area contributed by atoms with Crippen LogP contribution in [-0.4, -0.2) is 21.4 Å². The van der Waals surface area contributed by atoms with Crippen molar-refractivity contribution in [1.82, 2.24) is 0 Å². The molecule has 6 heteroatoms. The van der Waals surface area contributed by atoms with Gasteiger partial charge >= 0.3 is 0 Å². The van der Waals surface area contributed by atoms with Gasteiger partial charge in [0.2, 0.25) is 15.7 Å². The first kappa shape index (κ1) is 15.3. The van der Waals surface area contributed by atoms with Crippen molar-refractivity contribution in [2.45, 2.75) is 11.3 Å². The van der Waals surface area contributed by atoms with Gasteiger partial charge in [-0.25, -0.2) is 8.42 Å². The number of rotatable bonds is 4. The minimum Gasteiger partial charge on any atom is -0.497 e. The molecule has 0 unspecified atom stereocenters. The molecular weight excluding hydrogens is 314 g/mol. The van der Waals surface area contributed by atoms with E-state index in [2.05, 4.69) is 5.32 Å². The van der Waals surface area contributed by atoms with Crippen molar-refractivity contribution in [2.24, 2.45) is 0 Å². The first-order valence-corrected chi connectivity index (χ1v) is 8.52. The largest absolute Gasteiger partial charge is 0.497 e. The van der Waals surface area contributed by atoms with Crippen LogP contribution in [0.5, 0.6) is 5.75 Å². The summed E-state index contributed by atoms with van der Waals surface area (Å²) in [5.41, 5.74) is 1.95. The first-order chi connectivity index (χ1) is 11.0.